The van der Waals surface area contributed by atoms with Crippen molar-refractivity contribution < 1.29 is 9.47 Å². The molecule has 0 bridgehead atoms. The van der Waals surface area contributed by atoms with Crippen LogP contribution in [0.2, 0.25) is 0 Å². The van der Waals surface area contributed by atoms with Crippen LogP contribution < -0.4 is 9.47 Å². The van der Waals surface area contributed by atoms with E-state index in [1.54, 1.807) is 18.7 Å². The van der Waals surface area contributed by atoms with Crippen LogP contribution in [0.1, 0.15) is 0 Å². The van der Waals surface area contributed by atoms with Crippen molar-refractivity contribution in [3.63, 3.8) is 0 Å². The Balaban J connectivity index is 2.09. The molecule has 3 aromatic rings. The van der Waals surface area contributed by atoms with Gasteiger partial charge in [0.05, 0.1) is 14.2 Å². The average Bonchev–Trinajstić information content (AvgIpc) is 2.91. The molecule has 0 saturated carbocycles. The molecule has 2 heterocycles. The van der Waals surface area contributed by atoms with Crippen molar-refractivity contribution in [1.29, 1.82) is 0 Å². The second-order valence-corrected chi connectivity index (χ2v) is 4.00. The fourth-order valence-electron chi connectivity index (χ4n) is 1.90. The molecule has 0 aliphatic carbocycles. The maximum Gasteiger partial charge on any atom is 0.216 e. The lowest BCUT2D eigenvalue weighted by Gasteiger charge is -2.00. The average molecular weight is 255 g/mol. The van der Waals surface area contributed by atoms with Gasteiger partial charge in [0, 0.05) is 11.6 Å². The molecule has 0 unspecified atom stereocenters. The van der Waals surface area contributed by atoms with Crippen molar-refractivity contribution in [3.8, 4) is 23.0 Å². The zero-order valence-electron chi connectivity index (χ0n) is 10.7. The zero-order valence-corrected chi connectivity index (χ0v) is 10.7. The van der Waals surface area contributed by atoms with Crippen LogP contribution in [0.4, 0.5) is 0 Å². The maximum atomic E-state index is 5.25. The highest BCUT2D eigenvalue weighted by atomic mass is 16.5. The van der Waals surface area contributed by atoms with Crippen LogP contribution in [-0.2, 0) is 0 Å². The van der Waals surface area contributed by atoms with Crippen LogP contribution >= 0.6 is 0 Å². The quantitative estimate of drug-likeness (QED) is 0.721. The summed E-state index contributed by atoms with van der Waals surface area (Å²) in [6, 6.07) is 13.3. The Labute approximate surface area is 110 Å². The summed E-state index contributed by atoms with van der Waals surface area (Å²) in [7, 11) is 3.26. The lowest BCUT2D eigenvalue weighted by atomic mass is 10.2. The maximum absolute atomic E-state index is 5.25. The predicted molar refractivity (Wildman–Crippen MR) is 71.5 cm³/mol. The van der Waals surface area contributed by atoms with E-state index in [1.165, 1.54) is 0 Å². The Kier molecular flexibility index (Phi) is 2.79. The van der Waals surface area contributed by atoms with E-state index in [1.807, 2.05) is 42.5 Å². The Hall–Kier alpha value is -2.56. The highest BCUT2D eigenvalue weighted by Crippen LogP contribution is 2.21. The minimum Gasteiger partial charge on any atom is -0.497 e. The van der Waals surface area contributed by atoms with Gasteiger partial charge in [-0.2, -0.15) is 4.52 Å². The molecule has 1 aromatic carbocycles. The van der Waals surface area contributed by atoms with Crippen LogP contribution in [0.15, 0.2) is 42.5 Å². The van der Waals surface area contributed by atoms with Gasteiger partial charge in [0.25, 0.3) is 0 Å². The third kappa shape index (κ3) is 1.99. The van der Waals surface area contributed by atoms with E-state index in [0.29, 0.717) is 11.7 Å². The van der Waals surface area contributed by atoms with E-state index >= 15 is 0 Å². The van der Waals surface area contributed by atoms with Gasteiger partial charge in [0.1, 0.15) is 5.75 Å². The summed E-state index contributed by atoms with van der Waals surface area (Å²) in [4.78, 5) is 4.48. The molecule has 0 aliphatic rings. The molecular weight excluding hydrogens is 242 g/mol. The van der Waals surface area contributed by atoms with E-state index < -0.39 is 0 Å². The van der Waals surface area contributed by atoms with Crippen molar-refractivity contribution in [2.75, 3.05) is 14.2 Å². The standard InChI is InChI=1S/C14H13N3O2/c1-18-11-8-6-10(7-9-11)14-15-12-4-3-5-13(19-2)17(12)16-14/h3-9H,1-2H3. The van der Waals surface area contributed by atoms with E-state index in [-0.39, 0.29) is 0 Å². The van der Waals surface area contributed by atoms with E-state index in [9.17, 15) is 0 Å². The molecule has 3 rings (SSSR count). The molecule has 2 aromatic heterocycles. The Morgan fingerprint density at radius 3 is 2.42 bits per heavy atom. The smallest absolute Gasteiger partial charge is 0.216 e. The number of aromatic nitrogens is 3. The van der Waals surface area contributed by atoms with Crippen LogP contribution in [-0.4, -0.2) is 28.8 Å². The second kappa shape index (κ2) is 4.61. The molecule has 0 saturated heterocycles. The lowest BCUT2D eigenvalue weighted by Crippen LogP contribution is -1.94. The fraction of sp³-hybridized carbons (Fsp3) is 0.143. The number of fused-ring (bicyclic) bond motifs is 1. The van der Waals surface area contributed by atoms with Crippen LogP contribution in [0, 0.1) is 0 Å². The van der Waals surface area contributed by atoms with Crippen LogP contribution in [0.25, 0.3) is 17.0 Å². The molecule has 0 N–H and O–H groups in total. The molecule has 96 valence electrons. The van der Waals surface area contributed by atoms with Crippen molar-refractivity contribution in [3.05, 3.63) is 42.5 Å². The normalized spacial score (nSPS) is 10.6. The molecule has 0 atom stereocenters. The van der Waals surface area contributed by atoms with Crippen molar-refractivity contribution in [2.45, 2.75) is 0 Å². The Bertz CT molecular complexity index is 704. The molecular formula is C14H13N3O2. The Morgan fingerprint density at radius 2 is 1.74 bits per heavy atom. The number of hydrogen-bond acceptors (Lipinski definition) is 4. The number of pyridine rings is 1. The summed E-state index contributed by atoms with van der Waals surface area (Å²) in [5, 5.41) is 4.45. The number of rotatable bonds is 3. The fourth-order valence-corrected chi connectivity index (χ4v) is 1.90. The molecule has 0 amide bonds. The van der Waals surface area contributed by atoms with Crippen molar-refractivity contribution in [1.82, 2.24) is 14.6 Å². The van der Waals surface area contributed by atoms with E-state index in [2.05, 4.69) is 10.1 Å². The molecule has 0 fully saturated rings. The van der Waals surface area contributed by atoms with Gasteiger partial charge in [-0.25, -0.2) is 4.98 Å². The summed E-state index contributed by atoms with van der Waals surface area (Å²) >= 11 is 0. The van der Waals surface area contributed by atoms with Gasteiger partial charge in [0.2, 0.25) is 5.88 Å². The first-order chi connectivity index (χ1) is 9.31. The number of hydrogen-bond donors (Lipinski definition) is 0. The van der Waals surface area contributed by atoms with Crippen molar-refractivity contribution in [2.24, 2.45) is 0 Å². The largest absolute Gasteiger partial charge is 0.497 e. The molecule has 19 heavy (non-hydrogen) atoms. The van der Waals surface area contributed by atoms with Gasteiger partial charge in [-0.15, -0.1) is 5.10 Å². The number of benzene rings is 1. The zero-order chi connectivity index (χ0) is 13.2. The minimum atomic E-state index is 0.657. The Morgan fingerprint density at radius 1 is 0.947 bits per heavy atom. The first-order valence-corrected chi connectivity index (χ1v) is 5.86. The van der Waals surface area contributed by atoms with E-state index in [4.69, 9.17) is 9.47 Å². The third-order valence-electron chi connectivity index (χ3n) is 2.88. The van der Waals surface area contributed by atoms with Crippen molar-refractivity contribution >= 4 is 5.65 Å². The van der Waals surface area contributed by atoms with Crippen LogP contribution in [0.5, 0.6) is 11.6 Å². The van der Waals surface area contributed by atoms with Gasteiger partial charge in [0.15, 0.2) is 11.5 Å². The van der Waals surface area contributed by atoms with Gasteiger partial charge in [-0.3, -0.25) is 0 Å². The SMILES string of the molecule is COc1ccc(-c2nc3cccc(OC)n3n2)cc1. The monoisotopic (exact) mass is 255 g/mol. The number of ether oxygens (including phenoxy) is 2. The molecule has 0 spiro atoms. The number of methoxy groups -OCH3 is 2. The molecule has 5 nitrogen and oxygen atoms in total. The topological polar surface area (TPSA) is 48.7 Å². The summed E-state index contributed by atoms with van der Waals surface area (Å²) in [6.07, 6.45) is 0. The summed E-state index contributed by atoms with van der Waals surface area (Å²) < 4.78 is 12.1. The highest BCUT2D eigenvalue weighted by Gasteiger charge is 2.09. The molecule has 0 radical (unpaired) electrons. The summed E-state index contributed by atoms with van der Waals surface area (Å²) in [5.41, 5.74) is 1.69. The summed E-state index contributed by atoms with van der Waals surface area (Å²) in [6.45, 7) is 0. The highest BCUT2D eigenvalue weighted by molar-refractivity contribution is 5.59. The van der Waals surface area contributed by atoms with E-state index in [0.717, 1.165) is 17.0 Å². The molecule has 5 heteroatoms. The van der Waals surface area contributed by atoms with Crippen LogP contribution in [0.3, 0.4) is 0 Å². The summed E-state index contributed by atoms with van der Waals surface area (Å²) in [5.74, 6) is 2.13. The first kappa shape index (κ1) is 11.5. The van der Waals surface area contributed by atoms with Gasteiger partial charge < -0.3 is 9.47 Å². The lowest BCUT2D eigenvalue weighted by molar-refractivity contribution is 0.386. The predicted octanol–water partition coefficient (Wildman–Crippen LogP) is 2.41. The first-order valence-electron chi connectivity index (χ1n) is 5.86. The third-order valence-corrected chi connectivity index (χ3v) is 2.88. The number of nitrogens with zero attached hydrogens (tertiary/aromatic N) is 3. The minimum absolute atomic E-state index is 0.657. The van der Waals surface area contributed by atoms with Gasteiger partial charge in [-0.1, -0.05) is 6.07 Å². The second-order valence-electron chi connectivity index (χ2n) is 4.00. The van der Waals surface area contributed by atoms with Gasteiger partial charge in [-0.05, 0) is 30.3 Å². The molecule has 0 aliphatic heterocycles. The van der Waals surface area contributed by atoms with Gasteiger partial charge >= 0.3 is 0 Å².